The van der Waals surface area contributed by atoms with Gasteiger partial charge in [0.1, 0.15) is 0 Å². The van der Waals surface area contributed by atoms with E-state index in [1.54, 1.807) is 0 Å². The van der Waals surface area contributed by atoms with Crippen LogP contribution in [0.25, 0.3) is 0 Å². The van der Waals surface area contributed by atoms with Gasteiger partial charge in [-0.1, -0.05) is 140 Å². The second-order valence-electron chi connectivity index (χ2n) is 14.6. The van der Waals surface area contributed by atoms with Crippen molar-refractivity contribution >= 4 is 0 Å². The number of hydrogen-bond acceptors (Lipinski definition) is 3. The SMILES string of the molecule is CCCCC/C=C\C/C=C\CCCCCCCCOC1CC(CN(C)C)CC1OCCCCCCCC/C=C\C/C=C\CCCCC. The molecule has 1 aliphatic rings. The van der Waals surface area contributed by atoms with E-state index < -0.39 is 0 Å². The summed E-state index contributed by atoms with van der Waals surface area (Å²) in [5.74, 6) is 0.701. The molecular weight excluding hydrogens is 574 g/mol. The minimum Gasteiger partial charge on any atom is -0.376 e. The van der Waals surface area contributed by atoms with E-state index in [1.807, 2.05) is 0 Å². The number of ether oxygens (including phenoxy) is 2. The summed E-state index contributed by atoms with van der Waals surface area (Å²) >= 11 is 0. The maximum Gasteiger partial charge on any atom is 0.0839 e. The van der Waals surface area contributed by atoms with Crippen LogP contribution in [0.1, 0.15) is 181 Å². The van der Waals surface area contributed by atoms with Crippen LogP contribution in [0.4, 0.5) is 0 Å². The molecule has 1 fully saturated rings. The Morgan fingerprint density at radius 1 is 0.447 bits per heavy atom. The molecule has 47 heavy (non-hydrogen) atoms. The fourth-order valence-corrected chi connectivity index (χ4v) is 6.72. The van der Waals surface area contributed by atoms with Gasteiger partial charge >= 0.3 is 0 Å². The molecular formula is C44H81NO2. The van der Waals surface area contributed by atoms with Crippen LogP contribution in [0.3, 0.4) is 0 Å². The van der Waals surface area contributed by atoms with E-state index in [0.717, 1.165) is 45.4 Å². The third-order valence-electron chi connectivity index (χ3n) is 9.52. The first kappa shape index (κ1) is 43.9. The molecule has 3 nitrogen and oxygen atoms in total. The molecule has 0 radical (unpaired) electrons. The predicted molar refractivity (Wildman–Crippen MR) is 209 cm³/mol. The van der Waals surface area contributed by atoms with Crippen LogP contribution in [-0.4, -0.2) is 51.0 Å². The molecule has 0 bridgehead atoms. The summed E-state index contributed by atoms with van der Waals surface area (Å²) in [5.41, 5.74) is 0. The Morgan fingerprint density at radius 3 is 1.15 bits per heavy atom. The first-order valence-corrected chi connectivity index (χ1v) is 20.6. The van der Waals surface area contributed by atoms with Crippen molar-refractivity contribution in [3.05, 3.63) is 48.6 Å². The van der Waals surface area contributed by atoms with Crippen molar-refractivity contribution in [2.24, 2.45) is 5.92 Å². The highest BCUT2D eigenvalue weighted by atomic mass is 16.5. The molecule has 0 aliphatic heterocycles. The number of unbranched alkanes of at least 4 members (excludes halogenated alkanes) is 18. The third-order valence-corrected chi connectivity index (χ3v) is 9.52. The molecule has 2 unspecified atom stereocenters. The Bertz CT molecular complexity index is 696. The van der Waals surface area contributed by atoms with Gasteiger partial charge in [-0.25, -0.2) is 0 Å². The Hall–Kier alpha value is -1.16. The topological polar surface area (TPSA) is 21.7 Å². The molecule has 1 saturated carbocycles. The van der Waals surface area contributed by atoms with Gasteiger partial charge < -0.3 is 14.4 Å². The fourth-order valence-electron chi connectivity index (χ4n) is 6.72. The fraction of sp³-hybridized carbons (Fsp3) is 0.818. The van der Waals surface area contributed by atoms with E-state index >= 15 is 0 Å². The number of allylic oxidation sites excluding steroid dienone is 8. The van der Waals surface area contributed by atoms with Crippen molar-refractivity contribution in [1.82, 2.24) is 4.90 Å². The Morgan fingerprint density at radius 2 is 0.787 bits per heavy atom. The summed E-state index contributed by atoms with van der Waals surface area (Å²) in [4.78, 5) is 2.33. The van der Waals surface area contributed by atoms with E-state index in [4.69, 9.17) is 9.47 Å². The van der Waals surface area contributed by atoms with Gasteiger partial charge in [-0.3, -0.25) is 0 Å². The smallest absolute Gasteiger partial charge is 0.0839 e. The van der Waals surface area contributed by atoms with Crippen molar-refractivity contribution in [3.63, 3.8) is 0 Å². The highest BCUT2D eigenvalue weighted by molar-refractivity contribution is 4.93. The summed E-state index contributed by atoms with van der Waals surface area (Å²) in [5, 5.41) is 0. The average molecular weight is 656 g/mol. The number of rotatable bonds is 34. The van der Waals surface area contributed by atoms with Crippen LogP contribution < -0.4 is 0 Å². The van der Waals surface area contributed by atoms with E-state index in [2.05, 4.69) is 81.5 Å². The normalized spacial score (nSPS) is 18.9. The molecule has 1 rings (SSSR count). The number of nitrogens with zero attached hydrogens (tertiary/aromatic N) is 1. The lowest BCUT2D eigenvalue weighted by Gasteiger charge is -2.21. The van der Waals surface area contributed by atoms with Crippen LogP contribution in [0, 0.1) is 5.92 Å². The second kappa shape index (κ2) is 34.7. The summed E-state index contributed by atoms with van der Waals surface area (Å²) in [6, 6.07) is 0. The lowest BCUT2D eigenvalue weighted by molar-refractivity contribution is -0.0578. The van der Waals surface area contributed by atoms with Crippen LogP contribution in [0.5, 0.6) is 0 Å². The number of hydrogen-bond donors (Lipinski definition) is 0. The predicted octanol–water partition coefficient (Wildman–Crippen LogP) is 13.4. The lowest BCUT2D eigenvalue weighted by Crippen LogP contribution is -2.27. The van der Waals surface area contributed by atoms with Crippen LogP contribution in [0.2, 0.25) is 0 Å². The van der Waals surface area contributed by atoms with Crippen molar-refractivity contribution in [3.8, 4) is 0 Å². The highest BCUT2D eigenvalue weighted by Crippen LogP contribution is 2.31. The molecule has 0 heterocycles. The molecule has 0 saturated heterocycles. The van der Waals surface area contributed by atoms with Crippen molar-refractivity contribution in [2.75, 3.05) is 33.9 Å². The molecule has 0 spiro atoms. The monoisotopic (exact) mass is 656 g/mol. The maximum absolute atomic E-state index is 6.46. The molecule has 3 heteroatoms. The minimum absolute atomic E-state index is 0.294. The van der Waals surface area contributed by atoms with Gasteiger partial charge in [0.2, 0.25) is 0 Å². The molecule has 0 aromatic carbocycles. The van der Waals surface area contributed by atoms with Gasteiger partial charge in [-0.05, 0) is 110 Å². The van der Waals surface area contributed by atoms with Gasteiger partial charge in [0.25, 0.3) is 0 Å². The van der Waals surface area contributed by atoms with Crippen molar-refractivity contribution in [2.45, 2.75) is 193 Å². The van der Waals surface area contributed by atoms with Gasteiger partial charge in [0.15, 0.2) is 0 Å². The Balaban J connectivity index is 2.04. The standard InChI is InChI=1S/C44H81NO2/c1-5-7-9-11-13-15-17-19-21-23-25-27-29-31-33-35-37-46-43-39-42(41-45(3)4)40-44(43)47-38-36-34-32-30-28-26-24-22-20-18-16-14-12-10-8-6-2/h13-16,19-22,42-44H,5-12,17-18,23-41H2,1-4H3/b15-13-,16-14-,21-19-,22-20-. The van der Waals surface area contributed by atoms with E-state index in [-0.39, 0.29) is 0 Å². The van der Waals surface area contributed by atoms with Gasteiger partial charge in [-0.2, -0.15) is 0 Å². The van der Waals surface area contributed by atoms with Crippen LogP contribution >= 0.6 is 0 Å². The van der Waals surface area contributed by atoms with Gasteiger partial charge in [0, 0.05) is 19.8 Å². The molecule has 0 aromatic heterocycles. The summed E-state index contributed by atoms with van der Waals surface area (Å²) in [6.07, 6.45) is 52.7. The lowest BCUT2D eigenvalue weighted by atomic mass is 10.1. The van der Waals surface area contributed by atoms with Crippen molar-refractivity contribution in [1.29, 1.82) is 0 Å². The largest absolute Gasteiger partial charge is 0.376 e. The molecule has 0 N–H and O–H groups in total. The second-order valence-corrected chi connectivity index (χ2v) is 14.6. The summed E-state index contributed by atoms with van der Waals surface area (Å²) in [6.45, 7) is 7.49. The highest BCUT2D eigenvalue weighted by Gasteiger charge is 2.35. The maximum atomic E-state index is 6.46. The summed E-state index contributed by atoms with van der Waals surface area (Å²) in [7, 11) is 4.39. The van der Waals surface area contributed by atoms with E-state index in [1.165, 1.54) is 141 Å². The van der Waals surface area contributed by atoms with Gasteiger partial charge in [0.05, 0.1) is 12.2 Å². The van der Waals surface area contributed by atoms with E-state index in [9.17, 15) is 0 Å². The minimum atomic E-state index is 0.294. The van der Waals surface area contributed by atoms with Crippen LogP contribution in [0.15, 0.2) is 48.6 Å². The zero-order valence-electron chi connectivity index (χ0n) is 32.1. The molecule has 1 aliphatic carbocycles. The third kappa shape index (κ3) is 29.5. The first-order chi connectivity index (χ1) is 23.2. The molecule has 2 atom stereocenters. The molecule has 274 valence electrons. The van der Waals surface area contributed by atoms with E-state index in [0.29, 0.717) is 18.1 Å². The Labute approximate surface area is 295 Å². The van der Waals surface area contributed by atoms with Crippen LogP contribution in [-0.2, 0) is 9.47 Å². The summed E-state index contributed by atoms with van der Waals surface area (Å²) < 4.78 is 12.9. The zero-order valence-corrected chi connectivity index (χ0v) is 32.1. The average Bonchev–Trinajstić information content (AvgIpc) is 3.44. The quantitative estimate of drug-likeness (QED) is 0.0508. The molecule has 0 aromatic rings. The Kier molecular flexibility index (Phi) is 32.4. The van der Waals surface area contributed by atoms with Crippen molar-refractivity contribution < 1.29 is 9.47 Å². The zero-order chi connectivity index (χ0) is 33.9. The first-order valence-electron chi connectivity index (χ1n) is 20.6. The molecule has 0 amide bonds. The van der Waals surface area contributed by atoms with Gasteiger partial charge in [-0.15, -0.1) is 0 Å².